The third-order valence-corrected chi connectivity index (χ3v) is 4.27. The molecule has 1 N–H and O–H groups in total. The van der Waals surface area contributed by atoms with E-state index in [1.165, 1.54) is 30.8 Å². The van der Waals surface area contributed by atoms with Crippen molar-refractivity contribution >= 4 is 23.1 Å². The normalized spacial score (nSPS) is 10.8. The van der Waals surface area contributed by atoms with Gasteiger partial charge in [0.2, 0.25) is 5.91 Å². The summed E-state index contributed by atoms with van der Waals surface area (Å²) in [4.78, 5) is 41.0. The number of nitrogens with zero attached hydrogens (tertiary/aromatic N) is 4. The molecule has 0 saturated heterocycles. The predicted octanol–water partition coefficient (Wildman–Crippen LogP) is 0.245. The van der Waals surface area contributed by atoms with Gasteiger partial charge >= 0.3 is 5.69 Å². The summed E-state index contributed by atoms with van der Waals surface area (Å²) in [5, 5.41) is 2.47. The van der Waals surface area contributed by atoms with Crippen LogP contribution in [0.3, 0.4) is 0 Å². The number of aryl methyl sites for hydroxylation is 1. The number of carbonyl (C=O) groups excluding carboxylic acids is 1. The largest absolute Gasteiger partial charge is 0.356 e. The topological polar surface area (TPSA) is 90.9 Å². The van der Waals surface area contributed by atoms with Crippen LogP contribution in [0.2, 0.25) is 0 Å². The maximum atomic E-state index is 12.6. The van der Waals surface area contributed by atoms with Crippen molar-refractivity contribution in [1.29, 1.82) is 0 Å². The molecule has 1 amide bonds. The highest BCUT2D eigenvalue weighted by molar-refractivity contribution is 5.91. The lowest BCUT2D eigenvalue weighted by Crippen LogP contribution is -2.38. The maximum absolute atomic E-state index is 12.6. The average molecular weight is 377 g/mol. The van der Waals surface area contributed by atoms with E-state index in [4.69, 9.17) is 0 Å². The Labute approximate surface area is 160 Å². The van der Waals surface area contributed by atoms with Gasteiger partial charge in [-0.1, -0.05) is 30.0 Å². The van der Waals surface area contributed by atoms with Gasteiger partial charge in [-0.2, -0.15) is 0 Å². The number of amides is 1. The summed E-state index contributed by atoms with van der Waals surface area (Å²) < 4.78 is 3.93. The van der Waals surface area contributed by atoms with Gasteiger partial charge in [0.05, 0.1) is 6.54 Å². The molecule has 0 radical (unpaired) electrons. The highest BCUT2D eigenvalue weighted by Crippen LogP contribution is 2.11. The van der Waals surface area contributed by atoms with E-state index >= 15 is 0 Å². The van der Waals surface area contributed by atoms with E-state index in [0.717, 1.165) is 10.1 Å². The Hall–Kier alpha value is -3.86. The summed E-state index contributed by atoms with van der Waals surface area (Å²) in [5.41, 5.74) is 0.364. The molecule has 0 aliphatic carbocycles. The number of benzene rings is 1. The fourth-order valence-corrected chi connectivity index (χ4v) is 2.71. The first kappa shape index (κ1) is 18.9. The zero-order chi connectivity index (χ0) is 20.3. The number of hydrogen-bond donors (Lipinski definition) is 1. The van der Waals surface area contributed by atoms with Crippen molar-refractivity contribution in [2.45, 2.75) is 6.54 Å². The second kappa shape index (κ2) is 7.80. The second-order valence-corrected chi connectivity index (χ2v) is 6.05. The summed E-state index contributed by atoms with van der Waals surface area (Å²) in [6.07, 6.45) is 2.80. The van der Waals surface area contributed by atoms with Crippen LogP contribution in [-0.4, -0.2) is 31.6 Å². The van der Waals surface area contributed by atoms with Gasteiger partial charge in [0, 0.05) is 32.8 Å². The molecule has 142 valence electrons. The number of fused-ring (bicyclic) bond motifs is 1. The predicted molar refractivity (Wildman–Crippen MR) is 107 cm³/mol. The van der Waals surface area contributed by atoms with E-state index in [1.54, 1.807) is 11.6 Å². The van der Waals surface area contributed by atoms with E-state index in [-0.39, 0.29) is 23.6 Å². The number of imidazole rings is 1. The summed E-state index contributed by atoms with van der Waals surface area (Å²) in [5.74, 6) is 6.02. The second-order valence-electron chi connectivity index (χ2n) is 6.05. The fourth-order valence-electron chi connectivity index (χ4n) is 2.71. The van der Waals surface area contributed by atoms with E-state index in [1.807, 2.05) is 30.3 Å². The molecule has 0 bridgehead atoms. The van der Waals surface area contributed by atoms with Crippen LogP contribution in [0.15, 0.2) is 46.0 Å². The van der Waals surface area contributed by atoms with Crippen molar-refractivity contribution < 1.29 is 4.79 Å². The molecule has 0 aliphatic rings. The van der Waals surface area contributed by atoms with Crippen LogP contribution < -0.4 is 16.6 Å². The molecule has 0 saturated carbocycles. The molecule has 8 heteroatoms. The van der Waals surface area contributed by atoms with Crippen LogP contribution in [0.4, 0.5) is 0 Å². The van der Waals surface area contributed by atoms with Gasteiger partial charge in [-0.25, -0.2) is 9.78 Å². The average Bonchev–Trinajstić information content (AvgIpc) is 3.04. The Morgan fingerprint density at radius 1 is 1.18 bits per heavy atom. The molecule has 0 atom stereocenters. The van der Waals surface area contributed by atoms with Crippen molar-refractivity contribution in [1.82, 2.24) is 24.0 Å². The van der Waals surface area contributed by atoms with Crippen LogP contribution in [0, 0.1) is 11.8 Å². The number of nitrogens with one attached hydrogen (secondary N) is 1. The van der Waals surface area contributed by atoms with Crippen molar-refractivity contribution in [3.8, 4) is 11.8 Å². The van der Waals surface area contributed by atoms with Crippen LogP contribution >= 0.6 is 0 Å². The molecule has 0 aliphatic heterocycles. The fraction of sp³-hybridized carbons (Fsp3) is 0.200. The van der Waals surface area contributed by atoms with Crippen LogP contribution in [0.5, 0.6) is 0 Å². The molecule has 0 fully saturated rings. The zero-order valence-corrected chi connectivity index (χ0v) is 15.8. The van der Waals surface area contributed by atoms with Crippen LogP contribution in [0.1, 0.15) is 11.4 Å². The van der Waals surface area contributed by atoms with E-state index in [0.29, 0.717) is 5.82 Å². The van der Waals surface area contributed by atoms with Gasteiger partial charge in [-0.3, -0.25) is 18.7 Å². The number of rotatable bonds is 3. The van der Waals surface area contributed by atoms with E-state index < -0.39 is 11.2 Å². The maximum Gasteiger partial charge on any atom is 0.333 e. The van der Waals surface area contributed by atoms with Gasteiger partial charge in [0.25, 0.3) is 5.56 Å². The molecular weight excluding hydrogens is 358 g/mol. The Bertz CT molecular complexity index is 1250. The van der Waals surface area contributed by atoms with E-state index in [9.17, 15) is 14.4 Å². The van der Waals surface area contributed by atoms with Crippen LogP contribution in [-0.2, 0) is 25.4 Å². The van der Waals surface area contributed by atoms with Crippen LogP contribution in [0.25, 0.3) is 17.2 Å². The lowest BCUT2D eigenvalue weighted by atomic mass is 10.2. The quantitative estimate of drug-likeness (QED) is 0.523. The summed E-state index contributed by atoms with van der Waals surface area (Å²) in [6, 6.07) is 9.39. The lowest BCUT2D eigenvalue weighted by Gasteiger charge is -2.05. The number of likely N-dealkylation sites (N-methyl/N-ethyl adjacent to an activating group) is 1. The first-order valence-electron chi connectivity index (χ1n) is 8.54. The highest BCUT2D eigenvalue weighted by Gasteiger charge is 2.17. The minimum atomic E-state index is -0.500. The monoisotopic (exact) mass is 377 g/mol. The van der Waals surface area contributed by atoms with Gasteiger partial charge in [-0.15, -0.1) is 0 Å². The van der Waals surface area contributed by atoms with Crippen molar-refractivity contribution in [3.05, 3.63) is 68.6 Å². The third-order valence-electron chi connectivity index (χ3n) is 4.27. The molecule has 28 heavy (non-hydrogen) atoms. The molecule has 2 aromatic heterocycles. The molecule has 3 rings (SSSR count). The minimum Gasteiger partial charge on any atom is -0.356 e. The first-order valence-corrected chi connectivity index (χ1v) is 8.54. The van der Waals surface area contributed by atoms with Gasteiger partial charge in [-0.05, 0) is 18.2 Å². The number of aromatic nitrogens is 4. The third kappa shape index (κ3) is 3.50. The minimum absolute atomic E-state index is 0.0773. The first-order chi connectivity index (χ1) is 13.4. The Morgan fingerprint density at radius 3 is 2.57 bits per heavy atom. The Morgan fingerprint density at radius 2 is 1.89 bits per heavy atom. The molecule has 2 heterocycles. The molecule has 0 unspecified atom stereocenters. The van der Waals surface area contributed by atoms with Crippen molar-refractivity contribution in [3.63, 3.8) is 0 Å². The summed E-state index contributed by atoms with van der Waals surface area (Å²) >= 11 is 0. The summed E-state index contributed by atoms with van der Waals surface area (Å²) in [6.45, 7) is 0.0773. The van der Waals surface area contributed by atoms with Gasteiger partial charge in [0.15, 0.2) is 11.2 Å². The summed E-state index contributed by atoms with van der Waals surface area (Å²) in [7, 11) is 4.59. The van der Waals surface area contributed by atoms with Gasteiger partial charge < -0.3 is 9.88 Å². The number of hydrogen-bond acceptors (Lipinski definition) is 4. The highest BCUT2D eigenvalue weighted by atomic mass is 16.2. The van der Waals surface area contributed by atoms with Crippen molar-refractivity contribution in [2.24, 2.45) is 14.1 Å². The standard InChI is InChI=1S/C20H19N5O3/c1-21-16(26)12-11-15-22-18-17(23(15)2)19(27)24(3)20(28)25(18)13-7-10-14-8-5-4-6-9-14/h4-6,8-9,11-12H,13H2,1-3H3,(H,21,26)/b12-11+. The lowest BCUT2D eigenvalue weighted by molar-refractivity contribution is -0.115. The molecule has 0 spiro atoms. The Balaban J connectivity index is 2.13. The molecule has 8 nitrogen and oxygen atoms in total. The van der Waals surface area contributed by atoms with Crippen molar-refractivity contribution in [2.75, 3.05) is 7.05 Å². The molecular formula is C20H19N5O3. The Kier molecular flexibility index (Phi) is 5.27. The zero-order valence-electron chi connectivity index (χ0n) is 15.8. The smallest absolute Gasteiger partial charge is 0.333 e. The molecule has 3 aromatic rings. The number of carbonyl (C=O) groups is 1. The van der Waals surface area contributed by atoms with E-state index in [2.05, 4.69) is 22.1 Å². The SMILES string of the molecule is CNC(=O)/C=C/c1nc2c(c(=O)n(C)c(=O)n2CC#Cc2ccccc2)n1C. The van der Waals surface area contributed by atoms with Gasteiger partial charge in [0.1, 0.15) is 5.82 Å². The molecule has 1 aromatic carbocycles.